The number of amides is 2. The average Bonchev–Trinajstić information content (AvgIpc) is 3.40. The summed E-state index contributed by atoms with van der Waals surface area (Å²) in [6.45, 7) is 6.26. The Morgan fingerprint density at radius 1 is 0.868 bits per heavy atom. The third kappa shape index (κ3) is 6.13. The van der Waals surface area contributed by atoms with E-state index in [1.54, 1.807) is 13.8 Å². The second kappa shape index (κ2) is 12.3. The molecule has 0 bridgehead atoms. The van der Waals surface area contributed by atoms with Crippen LogP contribution in [-0.4, -0.2) is 87.7 Å². The standard InChI is InChI=1S/C22H27N5O11/c1-6-33-21(31)27(22(32)34-7-2)19-15-18(23-9-24-19)26(10-25-15)20-17(37-13(5)30)16(36-12(4)29)14(38-20)8-35-11(3)28/h9-10,14,16-17,20H,6-8H2,1-5H3/t14-,16-,17-,20-/m1/s1. The van der Waals surface area contributed by atoms with E-state index in [1.807, 2.05) is 0 Å². The summed E-state index contributed by atoms with van der Waals surface area (Å²) in [6, 6.07) is 0. The Bertz CT molecular complexity index is 1200. The molecule has 3 rings (SSSR count). The minimum atomic E-state index is -1.21. The van der Waals surface area contributed by atoms with Gasteiger partial charge in [0, 0.05) is 20.8 Å². The third-order valence-electron chi connectivity index (χ3n) is 5.07. The lowest BCUT2D eigenvalue weighted by atomic mass is 10.1. The van der Waals surface area contributed by atoms with Gasteiger partial charge in [0.15, 0.2) is 35.4 Å². The van der Waals surface area contributed by atoms with Gasteiger partial charge >= 0.3 is 30.1 Å². The molecular weight excluding hydrogens is 510 g/mol. The van der Waals surface area contributed by atoms with Crippen molar-refractivity contribution in [3.8, 4) is 0 Å². The quantitative estimate of drug-likeness (QED) is 0.346. The maximum Gasteiger partial charge on any atom is 0.425 e. The van der Waals surface area contributed by atoms with Gasteiger partial charge in [-0.05, 0) is 13.8 Å². The molecule has 0 aromatic carbocycles. The third-order valence-corrected chi connectivity index (χ3v) is 5.07. The van der Waals surface area contributed by atoms with Gasteiger partial charge in [-0.25, -0.2) is 24.5 Å². The van der Waals surface area contributed by atoms with Gasteiger partial charge in [-0.2, -0.15) is 4.90 Å². The highest BCUT2D eigenvalue weighted by Gasteiger charge is 2.51. The summed E-state index contributed by atoms with van der Waals surface area (Å²) in [5, 5.41) is 0. The highest BCUT2D eigenvalue weighted by molar-refractivity contribution is 6.12. The van der Waals surface area contributed by atoms with Crippen LogP contribution < -0.4 is 4.90 Å². The Balaban J connectivity index is 2.09. The number of fused-ring (bicyclic) bond motifs is 1. The van der Waals surface area contributed by atoms with Crippen molar-refractivity contribution in [3.63, 3.8) is 0 Å². The van der Waals surface area contributed by atoms with Gasteiger partial charge in [-0.15, -0.1) is 0 Å². The van der Waals surface area contributed by atoms with Gasteiger partial charge in [0.2, 0.25) is 0 Å². The number of carbonyl (C=O) groups excluding carboxylic acids is 5. The number of carbonyl (C=O) groups is 5. The zero-order chi connectivity index (χ0) is 28.0. The zero-order valence-electron chi connectivity index (χ0n) is 21.3. The van der Waals surface area contributed by atoms with Crippen molar-refractivity contribution < 1.29 is 52.4 Å². The number of esters is 3. The highest BCUT2D eigenvalue weighted by Crippen LogP contribution is 2.36. The fourth-order valence-corrected chi connectivity index (χ4v) is 3.73. The van der Waals surface area contributed by atoms with E-state index in [0.29, 0.717) is 4.90 Å². The van der Waals surface area contributed by atoms with Crippen LogP contribution in [0.4, 0.5) is 15.4 Å². The first-order valence-electron chi connectivity index (χ1n) is 11.5. The molecule has 0 spiro atoms. The van der Waals surface area contributed by atoms with Crippen molar-refractivity contribution in [3.05, 3.63) is 12.7 Å². The second-order valence-electron chi connectivity index (χ2n) is 7.77. The van der Waals surface area contributed by atoms with Crippen LogP contribution >= 0.6 is 0 Å². The molecule has 3 heterocycles. The Morgan fingerprint density at radius 3 is 2.03 bits per heavy atom. The van der Waals surface area contributed by atoms with Crippen LogP contribution in [0.15, 0.2) is 12.7 Å². The Hall–Kier alpha value is -4.34. The first-order chi connectivity index (χ1) is 18.1. The van der Waals surface area contributed by atoms with Gasteiger partial charge in [-0.3, -0.25) is 19.0 Å². The number of anilines is 1. The molecule has 1 saturated heterocycles. The molecule has 2 amide bonds. The summed E-state index contributed by atoms with van der Waals surface area (Å²) in [5.74, 6) is -2.24. The fourth-order valence-electron chi connectivity index (χ4n) is 3.73. The van der Waals surface area contributed by atoms with Gasteiger partial charge in [0.1, 0.15) is 19.0 Å². The molecule has 16 heteroatoms. The number of hydrogen-bond donors (Lipinski definition) is 0. The van der Waals surface area contributed by atoms with Crippen molar-refractivity contribution in [2.45, 2.75) is 59.2 Å². The van der Waals surface area contributed by atoms with E-state index in [4.69, 9.17) is 28.4 Å². The zero-order valence-corrected chi connectivity index (χ0v) is 21.3. The van der Waals surface area contributed by atoms with E-state index >= 15 is 0 Å². The maximum absolute atomic E-state index is 12.6. The molecule has 4 atom stereocenters. The molecule has 0 N–H and O–H groups in total. The molecule has 1 fully saturated rings. The van der Waals surface area contributed by atoms with Crippen molar-refractivity contribution >= 4 is 47.1 Å². The number of aromatic nitrogens is 4. The summed E-state index contributed by atoms with van der Waals surface area (Å²) in [7, 11) is 0. The SMILES string of the molecule is CCOC(=O)N(C(=O)OCC)c1ncnc2c1ncn2[C@@H]1O[C@H](COC(C)=O)[C@@H](OC(C)=O)[C@H]1OC(C)=O. The first kappa shape index (κ1) is 28.2. The van der Waals surface area contributed by atoms with Gasteiger partial charge in [-0.1, -0.05) is 0 Å². The summed E-state index contributed by atoms with van der Waals surface area (Å²) in [5.41, 5.74) is 0.0386. The minimum Gasteiger partial charge on any atom is -0.463 e. The van der Waals surface area contributed by atoms with Crippen molar-refractivity contribution in [2.75, 3.05) is 24.7 Å². The van der Waals surface area contributed by atoms with E-state index in [0.717, 1.165) is 20.2 Å². The molecule has 1 aliphatic rings. The summed E-state index contributed by atoms with van der Waals surface area (Å²) < 4.78 is 33.1. The molecule has 2 aromatic rings. The number of hydrogen-bond acceptors (Lipinski definition) is 14. The van der Waals surface area contributed by atoms with Crippen LogP contribution in [0.5, 0.6) is 0 Å². The van der Waals surface area contributed by atoms with Crippen LogP contribution in [0.25, 0.3) is 11.2 Å². The molecule has 38 heavy (non-hydrogen) atoms. The van der Waals surface area contributed by atoms with Crippen LogP contribution in [0.3, 0.4) is 0 Å². The normalized spacial score (nSPS) is 20.4. The van der Waals surface area contributed by atoms with Gasteiger partial charge in [0.05, 0.1) is 19.5 Å². The monoisotopic (exact) mass is 537 g/mol. The summed E-state index contributed by atoms with van der Waals surface area (Å²) >= 11 is 0. The van der Waals surface area contributed by atoms with Gasteiger partial charge in [0.25, 0.3) is 0 Å². The summed E-state index contributed by atoms with van der Waals surface area (Å²) in [4.78, 5) is 73.3. The largest absolute Gasteiger partial charge is 0.463 e. The first-order valence-corrected chi connectivity index (χ1v) is 11.5. The molecule has 16 nitrogen and oxygen atoms in total. The predicted molar refractivity (Wildman–Crippen MR) is 123 cm³/mol. The number of imide groups is 1. The number of imidazole rings is 1. The highest BCUT2D eigenvalue weighted by atomic mass is 16.7. The average molecular weight is 537 g/mol. The number of rotatable bonds is 8. The molecule has 0 saturated carbocycles. The predicted octanol–water partition coefficient (Wildman–Crippen LogP) is 1.27. The van der Waals surface area contributed by atoms with Crippen LogP contribution in [-0.2, 0) is 42.8 Å². The maximum atomic E-state index is 12.6. The van der Waals surface area contributed by atoms with E-state index in [9.17, 15) is 24.0 Å². The van der Waals surface area contributed by atoms with Crippen LogP contribution in [0.2, 0.25) is 0 Å². The van der Waals surface area contributed by atoms with Gasteiger partial charge < -0.3 is 28.4 Å². The van der Waals surface area contributed by atoms with Crippen molar-refractivity contribution in [1.29, 1.82) is 0 Å². The van der Waals surface area contributed by atoms with E-state index < -0.39 is 54.6 Å². The smallest absolute Gasteiger partial charge is 0.425 e. The molecule has 0 radical (unpaired) electrons. The van der Waals surface area contributed by atoms with Crippen LogP contribution in [0.1, 0.15) is 40.8 Å². The Labute approximate surface area is 216 Å². The Kier molecular flexibility index (Phi) is 9.11. The van der Waals surface area contributed by atoms with Crippen molar-refractivity contribution in [1.82, 2.24) is 19.5 Å². The molecule has 0 unspecified atom stereocenters. The lowest BCUT2D eigenvalue weighted by Gasteiger charge is -2.23. The topological polar surface area (TPSA) is 188 Å². The lowest BCUT2D eigenvalue weighted by Crippen LogP contribution is -2.40. The molecule has 206 valence electrons. The number of ether oxygens (including phenoxy) is 6. The molecule has 0 aliphatic carbocycles. The second-order valence-corrected chi connectivity index (χ2v) is 7.77. The molecular formula is C22H27N5O11. The molecule has 2 aromatic heterocycles. The minimum absolute atomic E-state index is 0.0220. The van der Waals surface area contributed by atoms with E-state index in [1.165, 1.54) is 17.8 Å². The van der Waals surface area contributed by atoms with Crippen molar-refractivity contribution in [2.24, 2.45) is 0 Å². The Morgan fingerprint density at radius 2 is 1.47 bits per heavy atom. The summed E-state index contributed by atoms with van der Waals surface area (Å²) in [6.07, 6.45) is -4.34. The fraction of sp³-hybridized carbons (Fsp3) is 0.545. The van der Waals surface area contributed by atoms with E-state index in [2.05, 4.69) is 15.0 Å². The number of nitrogens with zero attached hydrogens (tertiary/aromatic N) is 5. The lowest BCUT2D eigenvalue weighted by molar-refractivity contribution is -0.166. The van der Waals surface area contributed by atoms with E-state index in [-0.39, 0.29) is 36.8 Å². The van der Waals surface area contributed by atoms with Crippen LogP contribution in [0, 0.1) is 0 Å². The molecule has 1 aliphatic heterocycles.